The van der Waals surface area contributed by atoms with Gasteiger partial charge in [0, 0.05) is 35.5 Å². The second-order valence-electron chi connectivity index (χ2n) is 8.72. The van der Waals surface area contributed by atoms with Crippen molar-refractivity contribution in [2.75, 3.05) is 13.2 Å². The lowest BCUT2D eigenvalue weighted by Gasteiger charge is -2.16. The number of nitrogens with zero attached hydrogens (tertiary/aromatic N) is 1. The van der Waals surface area contributed by atoms with Crippen LogP contribution >= 0.6 is 0 Å². The third-order valence-corrected chi connectivity index (χ3v) is 7.01. The number of hydrogen-bond acceptors (Lipinski definition) is 2. The number of nitrogens with one attached hydrogen (secondary N) is 1. The Morgan fingerprint density at radius 1 is 1.03 bits per heavy atom. The van der Waals surface area contributed by atoms with E-state index in [9.17, 15) is 8.78 Å². The molecule has 0 fully saturated rings. The predicted molar refractivity (Wildman–Crippen MR) is 114 cm³/mol. The van der Waals surface area contributed by atoms with Gasteiger partial charge in [-0.1, -0.05) is 12.1 Å². The molecule has 1 N–H and O–H groups in total. The first kappa shape index (κ1) is 18.1. The first-order valence-corrected chi connectivity index (χ1v) is 11.0. The maximum absolute atomic E-state index is 13.8. The van der Waals surface area contributed by atoms with Crippen LogP contribution in [0.3, 0.4) is 0 Å². The number of H-pyrrole nitrogens is 1. The van der Waals surface area contributed by atoms with Gasteiger partial charge in [0.2, 0.25) is 0 Å². The normalized spacial score (nSPS) is 21.0. The van der Waals surface area contributed by atoms with Crippen molar-refractivity contribution < 1.29 is 13.5 Å². The second-order valence-corrected chi connectivity index (χ2v) is 8.72. The summed E-state index contributed by atoms with van der Waals surface area (Å²) in [7, 11) is 0. The van der Waals surface area contributed by atoms with Crippen molar-refractivity contribution in [3.63, 3.8) is 0 Å². The summed E-state index contributed by atoms with van der Waals surface area (Å²) in [6, 6.07) is 7.09. The van der Waals surface area contributed by atoms with E-state index in [1.54, 1.807) is 0 Å². The van der Waals surface area contributed by atoms with Crippen molar-refractivity contribution >= 4 is 16.6 Å². The number of aliphatic imine (C=N–C) groups is 1. The monoisotopic (exact) mass is 406 g/mol. The lowest BCUT2D eigenvalue weighted by Crippen LogP contribution is -2.12. The molecular formula is C25H24F2N2O. The van der Waals surface area contributed by atoms with Crippen LogP contribution in [0.4, 0.5) is 8.78 Å². The molecule has 3 nitrogen and oxygen atoms in total. The van der Waals surface area contributed by atoms with Gasteiger partial charge in [0.15, 0.2) is 11.6 Å². The van der Waals surface area contributed by atoms with Gasteiger partial charge in [-0.05, 0) is 67.2 Å². The molecule has 1 aliphatic heterocycles. The Balaban J connectivity index is 1.26. The molecule has 1 aromatic heterocycles. The molecular weight excluding hydrogens is 382 g/mol. The number of hydrogen-bond donors (Lipinski definition) is 1. The lowest BCUT2D eigenvalue weighted by molar-refractivity contribution is 0.351. The highest BCUT2D eigenvalue weighted by molar-refractivity contribution is 6.06. The molecule has 2 heterocycles. The fraction of sp³-hybridized carbons (Fsp3) is 0.400. The topological polar surface area (TPSA) is 37.4 Å². The fourth-order valence-electron chi connectivity index (χ4n) is 5.57. The summed E-state index contributed by atoms with van der Waals surface area (Å²) in [5, 5.41) is 0.786. The summed E-state index contributed by atoms with van der Waals surface area (Å²) in [6.45, 7) is 1.56. The first-order chi connectivity index (χ1) is 14.7. The minimum Gasteiger partial charge on any atom is -0.493 e. The van der Waals surface area contributed by atoms with E-state index < -0.39 is 11.6 Å². The van der Waals surface area contributed by atoms with Crippen LogP contribution in [0.2, 0.25) is 0 Å². The molecule has 0 bridgehead atoms. The van der Waals surface area contributed by atoms with Gasteiger partial charge in [-0.3, -0.25) is 4.99 Å². The Hall–Kier alpha value is -2.69. The molecule has 3 aliphatic rings. The molecule has 30 heavy (non-hydrogen) atoms. The van der Waals surface area contributed by atoms with Crippen molar-refractivity contribution in [2.24, 2.45) is 4.99 Å². The van der Waals surface area contributed by atoms with Gasteiger partial charge >= 0.3 is 0 Å². The molecule has 1 unspecified atom stereocenters. The van der Waals surface area contributed by atoms with Gasteiger partial charge in [0.1, 0.15) is 5.75 Å². The molecule has 0 saturated heterocycles. The number of rotatable bonds is 3. The number of aryl methyl sites for hydroxylation is 2. The average Bonchev–Trinajstić information content (AvgIpc) is 3.45. The van der Waals surface area contributed by atoms with E-state index in [0.717, 1.165) is 86.2 Å². The van der Waals surface area contributed by atoms with E-state index in [1.807, 2.05) is 0 Å². The summed E-state index contributed by atoms with van der Waals surface area (Å²) in [4.78, 5) is 8.26. The van der Waals surface area contributed by atoms with Crippen LogP contribution < -0.4 is 4.74 Å². The van der Waals surface area contributed by atoms with Gasteiger partial charge in [0.05, 0.1) is 18.0 Å². The zero-order valence-corrected chi connectivity index (χ0v) is 16.9. The molecule has 5 heteroatoms. The van der Waals surface area contributed by atoms with Crippen LogP contribution in [0.25, 0.3) is 10.9 Å². The molecule has 0 spiro atoms. The van der Waals surface area contributed by atoms with Crippen LogP contribution in [0.1, 0.15) is 59.5 Å². The van der Waals surface area contributed by atoms with Crippen LogP contribution in [0, 0.1) is 11.6 Å². The molecule has 1 atom stereocenters. The Morgan fingerprint density at radius 3 is 2.83 bits per heavy atom. The fourth-order valence-corrected chi connectivity index (χ4v) is 5.57. The summed E-state index contributed by atoms with van der Waals surface area (Å²) in [6.07, 6.45) is 7.08. The number of fused-ring (bicyclic) bond motifs is 6. The Labute approximate surface area is 174 Å². The molecule has 2 aromatic carbocycles. The van der Waals surface area contributed by atoms with Gasteiger partial charge in [-0.15, -0.1) is 0 Å². The molecule has 3 aromatic rings. The third kappa shape index (κ3) is 2.78. The SMILES string of the molecule is Fc1cc2[nH]c3c(c2cc1F)CCC/C3=N\CCC1CCc2ccc3c(c21)OCC3. The van der Waals surface area contributed by atoms with E-state index in [0.29, 0.717) is 11.4 Å². The predicted octanol–water partition coefficient (Wildman–Crippen LogP) is 5.63. The number of ether oxygens (including phenoxy) is 1. The number of halogens is 2. The zero-order valence-electron chi connectivity index (χ0n) is 16.9. The zero-order chi connectivity index (χ0) is 20.2. The van der Waals surface area contributed by atoms with E-state index >= 15 is 0 Å². The molecule has 0 saturated carbocycles. The Kier molecular flexibility index (Phi) is 4.18. The molecule has 6 rings (SSSR count). The highest BCUT2D eigenvalue weighted by Crippen LogP contribution is 2.45. The van der Waals surface area contributed by atoms with Gasteiger partial charge in [-0.25, -0.2) is 8.78 Å². The molecule has 0 radical (unpaired) electrons. The highest BCUT2D eigenvalue weighted by atomic mass is 19.2. The minimum absolute atomic E-state index is 0.506. The van der Waals surface area contributed by atoms with Crippen molar-refractivity contribution in [2.45, 2.75) is 50.9 Å². The lowest BCUT2D eigenvalue weighted by atomic mass is 9.93. The number of aromatic amines is 1. The second kappa shape index (κ2) is 6.93. The summed E-state index contributed by atoms with van der Waals surface area (Å²) >= 11 is 0. The van der Waals surface area contributed by atoms with Crippen LogP contribution in [0.15, 0.2) is 29.3 Å². The maximum Gasteiger partial charge on any atom is 0.160 e. The van der Waals surface area contributed by atoms with Gasteiger partial charge in [-0.2, -0.15) is 0 Å². The Bertz CT molecular complexity index is 1190. The largest absolute Gasteiger partial charge is 0.493 e. The van der Waals surface area contributed by atoms with E-state index in [-0.39, 0.29) is 0 Å². The number of aromatic nitrogens is 1. The summed E-state index contributed by atoms with van der Waals surface area (Å²) < 4.78 is 33.4. The minimum atomic E-state index is -0.811. The average molecular weight is 406 g/mol. The van der Waals surface area contributed by atoms with Crippen molar-refractivity contribution in [1.29, 1.82) is 0 Å². The highest BCUT2D eigenvalue weighted by Gasteiger charge is 2.30. The first-order valence-electron chi connectivity index (χ1n) is 11.0. The summed E-state index contributed by atoms with van der Waals surface area (Å²) in [5.74, 6) is 0.0471. The molecule has 0 amide bonds. The quantitative estimate of drug-likeness (QED) is 0.602. The molecule has 2 aliphatic carbocycles. The van der Waals surface area contributed by atoms with E-state index in [2.05, 4.69) is 17.1 Å². The van der Waals surface area contributed by atoms with Crippen LogP contribution in [-0.4, -0.2) is 23.8 Å². The standard InChI is InChI=1S/C25H24F2N2O/c26-19-12-18-17-2-1-3-21(24(17)29-22(18)13-20(19)27)28-10-8-15-5-4-14-6-7-16-9-11-30-25(16)23(14)15/h6-7,12-13,15,29H,1-5,8-11H2/b28-21+. The van der Waals surface area contributed by atoms with Crippen molar-refractivity contribution in [3.05, 3.63) is 63.8 Å². The van der Waals surface area contributed by atoms with Crippen molar-refractivity contribution in [1.82, 2.24) is 4.98 Å². The number of benzene rings is 2. The van der Waals surface area contributed by atoms with Gasteiger partial charge in [0.25, 0.3) is 0 Å². The third-order valence-electron chi connectivity index (χ3n) is 7.01. The molecule has 154 valence electrons. The maximum atomic E-state index is 13.8. The smallest absolute Gasteiger partial charge is 0.160 e. The van der Waals surface area contributed by atoms with Gasteiger partial charge < -0.3 is 9.72 Å². The summed E-state index contributed by atoms with van der Waals surface area (Å²) in [5.41, 5.74) is 7.95. The van der Waals surface area contributed by atoms with Crippen LogP contribution in [-0.2, 0) is 19.3 Å². The van der Waals surface area contributed by atoms with Crippen LogP contribution in [0.5, 0.6) is 5.75 Å². The van der Waals surface area contributed by atoms with Crippen molar-refractivity contribution in [3.8, 4) is 5.75 Å². The van der Waals surface area contributed by atoms with E-state index in [1.165, 1.54) is 28.8 Å². The van der Waals surface area contributed by atoms with E-state index in [4.69, 9.17) is 9.73 Å². The Morgan fingerprint density at radius 2 is 1.90 bits per heavy atom.